The molecule has 0 aromatic heterocycles. The number of carboxylic acids is 1. The van der Waals surface area contributed by atoms with E-state index in [-0.39, 0.29) is 22.8 Å². The highest BCUT2D eigenvalue weighted by molar-refractivity contribution is 5.97. The Morgan fingerprint density at radius 2 is 2.00 bits per heavy atom. The van der Waals surface area contributed by atoms with Crippen molar-refractivity contribution in [2.24, 2.45) is 11.3 Å². The molecule has 18 heavy (non-hydrogen) atoms. The Morgan fingerprint density at radius 1 is 1.39 bits per heavy atom. The molecule has 0 radical (unpaired) electrons. The molecule has 1 aliphatic carbocycles. The number of hydrogen-bond donors (Lipinski definition) is 2. The lowest BCUT2D eigenvalue weighted by Crippen LogP contribution is -2.17. The van der Waals surface area contributed by atoms with E-state index in [4.69, 9.17) is 5.11 Å². The smallest absolute Gasteiger partial charge is 0.335 e. The number of carbonyl (C=O) groups excluding carboxylic acids is 1. The van der Waals surface area contributed by atoms with Crippen LogP contribution in [0.4, 0.5) is 5.69 Å². The maximum atomic E-state index is 12.0. The summed E-state index contributed by atoms with van der Waals surface area (Å²) in [4.78, 5) is 22.9. The van der Waals surface area contributed by atoms with E-state index in [9.17, 15) is 9.59 Å². The van der Waals surface area contributed by atoms with Crippen molar-refractivity contribution in [1.29, 1.82) is 0 Å². The molecule has 0 bridgehead atoms. The molecular weight excluding hydrogens is 230 g/mol. The highest BCUT2D eigenvalue weighted by Crippen LogP contribution is 2.52. The van der Waals surface area contributed by atoms with Crippen molar-refractivity contribution in [2.75, 3.05) is 5.32 Å². The standard InChI is InChI=1S/C14H17NO3/c1-8-4-5-9(13(17)18)6-11(8)15-12(16)10-7-14(10,2)3/h4-6,10H,7H2,1-3H3,(H,15,16)(H,17,18). The van der Waals surface area contributed by atoms with Gasteiger partial charge in [-0.05, 0) is 36.5 Å². The van der Waals surface area contributed by atoms with Gasteiger partial charge in [-0.25, -0.2) is 4.79 Å². The molecule has 4 nitrogen and oxygen atoms in total. The van der Waals surface area contributed by atoms with Crippen LogP contribution in [0.15, 0.2) is 18.2 Å². The molecule has 0 spiro atoms. The summed E-state index contributed by atoms with van der Waals surface area (Å²) >= 11 is 0. The zero-order valence-electron chi connectivity index (χ0n) is 10.8. The summed E-state index contributed by atoms with van der Waals surface area (Å²) in [6.45, 7) is 5.95. The van der Waals surface area contributed by atoms with Crippen LogP contribution in [0.2, 0.25) is 0 Å². The topological polar surface area (TPSA) is 66.4 Å². The zero-order valence-corrected chi connectivity index (χ0v) is 10.8. The first kappa shape index (κ1) is 12.6. The first-order valence-corrected chi connectivity index (χ1v) is 5.96. The highest BCUT2D eigenvalue weighted by atomic mass is 16.4. The van der Waals surface area contributed by atoms with Gasteiger partial charge in [-0.1, -0.05) is 19.9 Å². The lowest BCUT2D eigenvalue weighted by molar-refractivity contribution is -0.118. The fraction of sp³-hybridized carbons (Fsp3) is 0.429. The first-order chi connectivity index (χ1) is 8.31. The number of carboxylic acid groups (broad SMARTS) is 1. The molecule has 4 heteroatoms. The van der Waals surface area contributed by atoms with E-state index >= 15 is 0 Å². The normalized spacial score (nSPS) is 20.3. The number of aromatic carboxylic acids is 1. The number of anilines is 1. The summed E-state index contributed by atoms with van der Waals surface area (Å²) in [5.41, 5.74) is 1.71. The maximum Gasteiger partial charge on any atom is 0.335 e. The minimum atomic E-state index is -0.989. The molecule has 1 saturated carbocycles. The van der Waals surface area contributed by atoms with Crippen molar-refractivity contribution in [3.8, 4) is 0 Å². The summed E-state index contributed by atoms with van der Waals surface area (Å²) in [6.07, 6.45) is 0.885. The van der Waals surface area contributed by atoms with Crippen LogP contribution in [0.5, 0.6) is 0 Å². The van der Waals surface area contributed by atoms with Gasteiger partial charge in [0.15, 0.2) is 0 Å². The van der Waals surface area contributed by atoms with Crippen LogP contribution in [-0.4, -0.2) is 17.0 Å². The Hall–Kier alpha value is -1.84. The highest BCUT2D eigenvalue weighted by Gasteiger charge is 2.50. The van der Waals surface area contributed by atoms with E-state index in [1.165, 1.54) is 12.1 Å². The van der Waals surface area contributed by atoms with Crippen molar-refractivity contribution in [3.63, 3.8) is 0 Å². The second-order valence-electron chi connectivity index (χ2n) is 5.57. The summed E-state index contributed by atoms with van der Waals surface area (Å²) in [5, 5.41) is 11.7. The molecule has 1 atom stereocenters. The molecule has 0 heterocycles. The number of aryl methyl sites for hydroxylation is 1. The monoisotopic (exact) mass is 247 g/mol. The van der Waals surface area contributed by atoms with Crippen LogP contribution in [0.3, 0.4) is 0 Å². The van der Waals surface area contributed by atoms with E-state index in [2.05, 4.69) is 19.2 Å². The van der Waals surface area contributed by atoms with Crippen LogP contribution in [0.1, 0.15) is 36.2 Å². The fourth-order valence-electron chi connectivity index (χ4n) is 2.02. The third-order valence-electron chi connectivity index (χ3n) is 3.57. The number of hydrogen-bond acceptors (Lipinski definition) is 2. The molecule has 1 aliphatic rings. The number of nitrogens with one attached hydrogen (secondary N) is 1. The van der Waals surface area contributed by atoms with Gasteiger partial charge >= 0.3 is 5.97 Å². The summed E-state index contributed by atoms with van der Waals surface area (Å²) in [7, 11) is 0. The second-order valence-corrected chi connectivity index (χ2v) is 5.57. The van der Waals surface area contributed by atoms with Crippen molar-refractivity contribution in [1.82, 2.24) is 0 Å². The zero-order chi connectivity index (χ0) is 13.5. The average Bonchev–Trinajstić information content (AvgIpc) is 2.90. The predicted octanol–water partition coefficient (Wildman–Crippen LogP) is 2.68. The first-order valence-electron chi connectivity index (χ1n) is 5.96. The molecule has 0 saturated heterocycles. The van der Waals surface area contributed by atoms with Gasteiger partial charge in [0.1, 0.15) is 0 Å². The summed E-state index contributed by atoms with van der Waals surface area (Å²) < 4.78 is 0. The van der Waals surface area contributed by atoms with E-state index in [0.29, 0.717) is 5.69 Å². The van der Waals surface area contributed by atoms with E-state index in [1.54, 1.807) is 6.07 Å². The Kier molecular flexibility index (Phi) is 2.89. The van der Waals surface area contributed by atoms with Crippen molar-refractivity contribution in [3.05, 3.63) is 29.3 Å². The van der Waals surface area contributed by atoms with Crippen molar-refractivity contribution >= 4 is 17.6 Å². The molecule has 1 unspecified atom stereocenters. The van der Waals surface area contributed by atoms with E-state index in [0.717, 1.165) is 12.0 Å². The Balaban J connectivity index is 2.16. The SMILES string of the molecule is Cc1ccc(C(=O)O)cc1NC(=O)C1CC1(C)C. The van der Waals surface area contributed by atoms with E-state index < -0.39 is 5.97 Å². The van der Waals surface area contributed by atoms with Gasteiger partial charge < -0.3 is 10.4 Å². The molecule has 96 valence electrons. The van der Waals surface area contributed by atoms with Crippen molar-refractivity contribution < 1.29 is 14.7 Å². The summed E-state index contributed by atoms with van der Waals surface area (Å²) in [6, 6.07) is 4.75. The van der Waals surface area contributed by atoms with Gasteiger partial charge in [-0.2, -0.15) is 0 Å². The molecule has 1 amide bonds. The Morgan fingerprint density at radius 3 is 2.50 bits per heavy atom. The van der Waals surface area contributed by atoms with Crippen LogP contribution < -0.4 is 5.32 Å². The number of amides is 1. The molecular formula is C14H17NO3. The van der Waals surface area contributed by atoms with Crippen molar-refractivity contribution in [2.45, 2.75) is 27.2 Å². The molecule has 1 aromatic carbocycles. The number of carbonyl (C=O) groups is 2. The largest absolute Gasteiger partial charge is 0.478 e. The molecule has 1 fully saturated rings. The third-order valence-corrected chi connectivity index (χ3v) is 3.57. The quantitative estimate of drug-likeness (QED) is 0.863. The van der Waals surface area contributed by atoms with Crippen LogP contribution in [0, 0.1) is 18.3 Å². The molecule has 2 rings (SSSR count). The lowest BCUT2D eigenvalue weighted by atomic mass is 10.1. The lowest BCUT2D eigenvalue weighted by Gasteiger charge is -2.10. The molecule has 1 aromatic rings. The van der Waals surface area contributed by atoms with Crippen LogP contribution in [0.25, 0.3) is 0 Å². The second kappa shape index (κ2) is 4.12. The van der Waals surface area contributed by atoms with Gasteiger partial charge in [0.25, 0.3) is 0 Å². The van der Waals surface area contributed by atoms with Gasteiger partial charge in [0.2, 0.25) is 5.91 Å². The van der Waals surface area contributed by atoms with Gasteiger partial charge in [0.05, 0.1) is 5.56 Å². The third kappa shape index (κ3) is 2.37. The van der Waals surface area contributed by atoms with Gasteiger partial charge in [-0.15, -0.1) is 0 Å². The Labute approximate surface area is 106 Å². The number of rotatable bonds is 3. The maximum absolute atomic E-state index is 12.0. The average molecular weight is 247 g/mol. The van der Waals surface area contributed by atoms with Crippen LogP contribution >= 0.6 is 0 Å². The minimum Gasteiger partial charge on any atom is -0.478 e. The molecule has 2 N–H and O–H groups in total. The van der Waals surface area contributed by atoms with E-state index in [1.807, 2.05) is 6.92 Å². The predicted molar refractivity (Wildman–Crippen MR) is 68.7 cm³/mol. The van der Waals surface area contributed by atoms with Gasteiger partial charge in [0, 0.05) is 11.6 Å². The minimum absolute atomic E-state index is 0.0226. The summed E-state index contributed by atoms with van der Waals surface area (Å²) in [5.74, 6) is -0.978. The van der Waals surface area contributed by atoms with Gasteiger partial charge in [-0.3, -0.25) is 4.79 Å². The molecule has 0 aliphatic heterocycles. The fourth-order valence-corrected chi connectivity index (χ4v) is 2.02. The number of benzene rings is 1. The Bertz CT molecular complexity index is 520. The van der Waals surface area contributed by atoms with Crippen LogP contribution in [-0.2, 0) is 4.79 Å².